The van der Waals surface area contributed by atoms with E-state index in [1.807, 2.05) is 31.2 Å². The van der Waals surface area contributed by atoms with Gasteiger partial charge in [-0.05, 0) is 54.4 Å². The largest absolute Gasteiger partial charge is 0.496 e. The topological polar surface area (TPSA) is 21.3 Å². The van der Waals surface area contributed by atoms with E-state index in [0.29, 0.717) is 16.6 Å². The van der Waals surface area contributed by atoms with Gasteiger partial charge in [-0.3, -0.25) is 0 Å². The zero-order valence-corrected chi connectivity index (χ0v) is 12.3. The Balaban J connectivity index is 2.10. The Labute approximate surface area is 123 Å². The van der Waals surface area contributed by atoms with Crippen LogP contribution in [0.3, 0.4) is 0 Å². The van der Waals surface area contributed by atoms with E-state index in [1.165, 1.54) is 0 Å². The number of rotatable bonds is 4. The van der Waals surface area contributed by atoms with Gasteiger partial charge in [0.25, 0.3) is 0 Å². The average Bonchev–Trinajstić information content (AvgIpc) is 2.40. The first-order valence-corrected chi connectivity index (χ1v) is 6.68. The van der Waals surface area contributed by atoms with Gasteiger partial charge >= 0.3 is 0 Å². The molecule has 0 unspecified atom stereocenters. The van der Waals surface area contributed by atoms with Gasteiger partial charge in [0.1, 0.15) is 5.75 Å². The number of aryl methyl sites for hydroxylation is 1. The predicted molar refractivity (Wildman–Crippen MR) is 81.5 cm³/mol. The first-order chi connectivity index (χ1) is 9.10. The van der Waals surface area contributed by atoms with Gasteiger partial charge in [0.2, 0.25) is 0 Å². The third kappa shape index (κ3) is 3.55. The molecule has 2 rings (SSSR count). The summed E-state index contributed by atoms with van der Waals surface area (Å²) in [5.74, 6) is 0.881. The SMILES string of the molecule is COc1ccc(NCc2cc(Cl)ccc2Cl)cc1C. The quantitative estimate of drug-likeness (QED) is 0.864. The lowest BCUT2D eigenvalue weighted by atomic mass is 10.2. The number of nitrogens with one attached hydrogen (secondary N) is 1. The number of hydrogen-bond acceptors (Lipinski definition) is 2. The summed E-state index contributed by atoms with van der Waals surface area (Å²) >= 11 is 12.1. The van der Waals surface area contributed by atoms with Crippen molar-refractivity contribution in [3.05, 3.63) is 57.6 Å². The van der Waals surface area contributed by atoms with Crippen LogP contribution in [-0.4, -0.2) is 7.11 Å². The molecule has 0 heterocycles. The standard InChI is InChI=1S/C15H15Cl2NO/c1-10-7-13(4-6-15(10)19-2)18-9-11-8-12(16)3-5-14(11)17/h3-8,18H,9H2,1-2H3. The Bertz CT molecular complexity index is 584. The fourth-order valence-corrected chi connectivity index (χ4v) is 2.24. The molecule has 0 aliphatic heterocycles. The van der Waals surface area contributed by atoms with Gasteiger partial charge in [-0.2, -0.15) is 0 Å². The molecule has 2 nitrogen and oxygen atoms in total. The van der Waals surface area contributed by atoms with Crippen molar-refractivity contribution in [2.45, 2.75) is 13.5 Å². The van der Waals surface area contributed by atoms with E-state index in [4.69, 9.17) is 27.9 Å². The maximum absolute atomic E-state index is 6.12. The van der Waals surface area contributed by atoms with E-state index < -0.39 is 0 Å². The van der Waals surface area contributed by atoms with Gasteiger partial charge in [0, 0.05) is 22.3 Å². The lowest BCUT2D eigenvalue weighted by Gasteiger charge is -2.11. The summed E-state index contributed by atoms with van der Waals surface area (Å²) in [6.45, 7) is 2.64. The smallest absolute Gasteiger partial charge is 0.121 e. The van der Waals surface area contributed by atoms with Gasteiger partial charge in [-0.1, -0.05) is 23.2 Å². The second-order valence-corrected chi connectivity index (χ2v) is 5.12. The van der Waals surface area contributed by atoms with E-state index >= 15 is 0 Å². The van der Waals surface area contributed by atoms with E-state index in [-0.39, 0.29) is 0 Å². The number of halogens is 2. The highest BCUT2D eigenvalue weighted by Gasteiger charge is 2.03. The number of hydrogen-bond donors (Lipinski definition) is 1. The van der Waals surface area contributed by atoms with Crippen molar-refractivity contribution in [2.24, 2.45) is 0 Å². The van der Waals surface area contributed by atoms with Crippen LogP contribution in [0.25, 0.3) is 0 Å². The third-order valence-electron chi connectivity index (χ3n) is 2.89. The van der Waals surface area contributed by atoms with Crippen molar-refractivity contribution in [1.82, 2.24) is 0 Å². The first kappa shape index (κ1) is 14.0. The molecule has 0 aromatic heterocycles. The number of benzene rings is 2. The minimum absolute atomic E-state index is 0.630. The molecule has 0 aliphatic rings. The summed E-state index contributed by atoms with van der Waals surface area (Å²) in [4.78, 5) is 0. The fourth-order valence-electron chi connectivity index (χ4n) is 1.86. The molecule has 0 spiro atoms. The van der Waals surface area contributed by atoms with Crippen LogP contribution in [0, 0.1) is 6.92 Å². The number of methoxy groups -OCH3 is 1. The van der Waals surface area contributed by atoms with Gasteiger partial charge in [-0.25, -0.2) is 0 Å². The molecule has 1 N–H and O–H groups in total. The molecule has 0 amide bonds. The number of anilines is 1. The summed E-state index contributed by atoms with van der Waals surface area (Å²) < 4.78 is 5.23. The molecule has 4 heteroatoms. The highest BCUT2D eigenvalue weighted by molar-refractivity contribution is 6.33. The molecular formula is C15H15Cl2NO. The molecule has 0 saturated carbocycles. The summed E-state index contributed by atoms with van der Waals surface area (Å²) in [5.41, 5.74) is 3.08. The monoisotopic (exact) mass is 295 g/mol. The predicted octanol–water partition coefficient (Wildman–Crippen LogP) is 4.92. The van der Waals surface area contributed by atoms with E-state index in [1.54, 1.807) is 19.2 Å². The summed E-state index contributed by atoms with van der Waals surface area (Å²) in [5, 5.41) is 4.72. The number of ether oxygens (including phenoxy) is 1. The van der Waals surface area contributed by atoms with Gasteiger partial charge in [0.15, 0.2) is 0 Å². The Hall–Kier alpha value is -1.38. The lowest BCUT2D eigenvalue weighted by Crippen LogP contribution is -2.00. The molecular weight excluding hydrogens is 281 g/mol. The zero-order valence-electron chi connectivity index (χ0n) is 10.8. The maximum atomic E-state index is 6.12. The highest BCUT2D eigenvalue weighted by atomic mass is 35.5. The Kier molecular flexibility index (Phi) is 4.56. The van der Waals surface area contributed by atoms with Crippen LogP contribution in [-0.2, 0) is 6.54 Å². The van der Waals surface area contributed by atoms with Crippen LogP contribution in [0.4, 0.5) is 5.69 Å². The molecule has 100 valence electrons. The normalized spacial score (nSPS) is 10.3. The van der Waals surface area contributed by atoms with Crippen molar-refractivity contribution in [3.63, 3.8) is 0 Å². The van der Waals surface area contributed by atoms with Gasteiger partial charge in [-0.15, -0.1) is 0 Å². The van der Waals surface area contributed by atoms with Crippen molar-refractivity contribution >= 4 is 28.9 Å². The summed E-state index contributed by atoms with van der Waals surface area (Å²) in [7, 11) is 1.67. The molecule has 0 saturated heterocycles. The van der Waals surface area contributed by atoms with Crippen LogP contribution in [0.15, 0.2) is 36.4 Å². The van der Waals surface area contributed by atoms with Crippen molar-refractivity contribution in [1.29, 1.82) is 0 Å². The molecule has 0 bridgehead atoms. The molecule has 0 fully saturated rings. The van der Waals surface area contributed by atoms with E-state index in [9.17, 15) is 0 Å². The second-order valence-electron chi connectivity index (χ2n) is 4.27. The average molecular weight is 296 g/mol. The zero-order chi connectivity index (χ0) is 13.8. The van der Waals surface area contributed by atoms with Crippen molar-refractivity contribution in [3.8, 4) is 5.75 Å². The molecule has 0 aliphatic carbocycles. The van der Waals surface area contributed by atoms with Crippen molar-refractivity contribution in [2.75, 3.05) is 12.4 Å². The fraction of sp³-hybridized carbons (Fsp3) is 0.200. The van der Waals surface area contributed by atoms with E-state index in [2.05, 4.69) is 5.32 Å². The van der Waals surface area contributed by atoms with Gasteiger partial charge < -0.3 is 10.1 Å². The van der Waals surface area contributed by atoms with E-state index in [0.717, 1.165) is 22.6 Å². The van der Waals surface area contributed by atoms with Crippen LogP contribution < -0.4 is 10.1 Å². The van der Waals surface area contributed by atoms with Crippen molar-refractivity contribution < 1.29 is 4.74 Å². The first-order valence-electron chi connectivity index (χ1n) is 5.92. The second kappa shape index (κ2) is 6.18. The molecule has 2 aromatic carbocycles. The molecule has 2 aromatic rings. The summed E-state index contributed by atoms with van der Waals surface area (Å²) in [6, 6.07) is 11.4. The Morgan fingerprint density at radius 1 is 1.11 bits per heavy atom. The molecule has 0 atom stereocenters. The van der Waals surface area contributed by atoms with Crippen LogP contribution >= 0.6 is 23.2 Å². The van der Waals surface area contributed by atoms with Crippen LogP contribution in [0.1, 0.15) is 11.1 Å². The molecule has 0 radical (unpaired) electrons. The molecule has 19 heavy (non-hydrogen) atoms. The van der Waals surface area contributed by atoms with Crippen LogP contribution in [0.5, 0.6) is 5.75 Å². The van der Waals surface area contributed by atoms with Crippen LogP contribution in [0.2, 0.25) is 10.0 Å². The minimum Gasteiger partial charge on any atom is -0.496 e. The lowest BCUT2D eigenvalue weighted by molar-refractivity contribution is 0.412. The third-order valence-corrected chi connectivity index (χ3v) is 3.49. The summed E-state index contributed by atoms with van der Waals surface area (Å²) in [6.07, 6.45) is 0. The Morgan fingerprint density at radius 2 is 1.89 bits per heavy atom. The maximum Gasteiger partial charge on any atom is 0.121 e. The van der Waals surface area contributed by atoms with Gasteiger partial charge in [0.05, 0.1) is 7.11 Å². The minimum atomic E-state index is 0.630. The Morgan fingerprint density at radius 3 is 2.58 bits per heavy atom. The highest BCUT2D eigenvalue weighted by Crippen LogP contribution is 2.24.